The second-order valence-electron chi connectivity index (χ2n) is 18.5. The third kappa shape index (κ3) is 8.43. The lowest BCUT2D eigenvalue weighted by Gasteiger charge is -2.69. The van der Waals surface area contributed by atoms with Crippen molar-refractivity contribution in [3.63, 3.8) is 0 Å². The molecular weight excluding hydrogens is 617 g/mol. The molecule has 0 radical (unpaired) electrons. The highest BCUT2D eigenvalue weighted by atomic mass is 17.2. The molecule has 2 heterocycles. The van der Waals surface area contributed by atoms with Crippen LogP contribution < -0.4 is 0 Å². The Balaban J connectivity index is 1.03. The summed E-state index contributed by atoms with van der Waals surface area (Å²) in [6.07, 6.45) is 42.7. The Kier molecular flexibility index (Phi) is 13.8. The maximum absolute atomic E-state index is 10.6. The fourth-order valence-electron chi connectivity index (χ4n) is 11.5. The molecule has 1 saturated heterocycles. The molecule has 6 rings (SSSR count). The van der Waals surface area contributed by atoms with Gasteiger partial charge in [-0.1, -0.05) is 129 Å². The molecule has 0 amide bonds. The summed E-state index contributed by atoms with van der Waals surface area (Å²) in [6, 6.07) is 0. The average molecular weight is 691 g/mol. The lowest BCUT2D eigenvalue weighted by molar-refractivity contribution is -0.497. The van der Waals surface area contributed by atoms with Crippen LogP contribution in [0, 0.1) is 52.3 Å². The van der Waals surface area contributed by atoms with Gasteiger partial charge in [0, 0.05) is 23.7 Å². The normalized spacial score (nSPS) is 37.5. The van der Waals surface area contributed by atoms with Crippen molar-refractivity contribution in [1.82, 2.24) is 0 Å². The van der Waals surface area contributed by atoms with Crippen LogP contribution in [0.2, 0.25) is 0 Å². The van der Waals surface area contributed by atoms with Crippen LogP contribution >= 0.6 is 0 Å². The zero-order valence-electron chi connectivity index (χ0n) is 33.0. The number of hydrogen-bond acceptors (Lipinski definition) is 3. The summed E-state index contributed by atoms with van der Waals surface area (Å²) in [5.74, 6) is 3.84. The second kappa shape index (κ2) is 17.5. The Labute approximate surface area is 306 Å². The van der Waals surface area contributed by atoms with Gasteiger partial charge in [0.1, 0.15) is 11.2 Å². The predicted octanol–water partition coefficient (Wildman–Crippen LogP) is 13.0. The molecule has 10 atom stereocenters. The Morgan fingerprint density at radius 3 is 2.16 bits per heavy atom. The summed E-state index contributed by atoms with van der Waals surface area (Å²) < 4.78 is 0. The molecule has 2 bridgehead atoms. The summed E-state index contributed by atoms with van der Waals surface area (Å²) in [6.45, 7) is 14.7. The Morgan fingerprint density at radius 1 is 0.780 bits per heavy atom. The summed E-state index contributed by atoms with van der Waals surface area (Å²) in [5.41, 5.74) is -0.000384. The Bertz CT molecular complexity index is 1210. The second-order valence-corrected chi connectivity index (χ2v) is 18.5. The summed E-state index contributed by atoms with van der Waals surface area (Å²) >= 11 is 0. The summed E-state index contributed by atoms with van der Waals surface area (Å²) in [4.78, 5) is 24.1. The van der Waals surface area contributed by atoms with Gasteiger partial charge < -0.3 is 5.11 Å². The molecule has 2 spiro atoms. The van der Waals surface area contributed by atoms with Crippen LogP contribution in [-0.2, 0) is 14.6 Å². The number of rotatable bonds is 20. The van der Waals surface area contributed by atoms with Crippen LogP contribution in [0.3, 0.4) is 0 Å². The van der Waals surface area contributed by atoms with Crippen LogP contribution in [0.15, 0.2) is 48.6 Å². The smallest absolute Gasteiger partial charge is 0.303 e. The van der Waals surface area contributed by atoms with E-state index >= 15 is 0 Å². The van der Waals surface area contributed by atoms with Gasteiger partial charge in [-0.2, -0.15) is 0 Å². The van der Waals surface area contributed by atoms with Gasteiger partial charge in [-0.05, 0) is 118 Å². The number of allylic oxidation sites excluding steroid dienone is 6. The average Bonchev–Trinajstić information content (AvgIpc) is 3.46. The van der Waals surface area contributed by atoms with Crippen LogP contribution in [-0.4, -0.2) is 22.3 Å². The van der Waals surface area contributed by atoms with E-state index in [1.807, 2.05) is 0 Å². The molecule has 0 aromatic carbocycles. The van der Waals surface area contributed by atoms with E-state index in [4.69, 9.17) is 14.9 Å². The summed E-state index contributed by atoms with van der Waals surface area (Å²) in [7, 11) is 0. The van der Waals surface area contributed by atoms with Crippen molar-refractivity contribution in [1.29, 1.82) is 0 Å². The van der Waals surface area contributed by atoms with Crippen molar-refractivity contribution in [2.75, 3.05) is 0 Å². The molecule has 2 aliphatic heterocycles. The number of hydrogen-bond donors (Lipinski definition) is 1. The van der Waals surface area contributed by atoms with Gasteiger partial charge in [0.05, 0.1) is 0 Å². The van der Waals surface area contributed by atoms with Crippen LogP contribution in [0.4, 0.5) is 0 Å². The maximum atomic E-state index is 10.6. The number of fused-ring (bicyclic) bond motifs is 2. The zero-order chi connectivity index (χ0) is 35.8. The van der Waals surface area contributed by atoms with E-state index in [0.29, 0.717) is 41.4 Å². The number of carbonyl (C=O) groups is 1. The molecular formula is C46H74O4. The topological polar surface area (TPSA) is 55.8 Å². The molecule has 4 fully saturated rings. The number of carboxylic acids is 1. The molecule has 282 valence electrons. The van der Waals surface area contributed by atoms with E-state index in [-0.39, 0.29) is 16.6 Å². The van der Waals surface area contributed by atoms with Crippen LogP contribution in [0.1, 0.15) is 170 Å². The van der Waals surface area contributed by atoms with Gasteiger partial charge in [0.25, 0.3) is 0 Å². The highest BCUT2D eigenvalue weighted by Gasteiger charge is 2.74. The van der Waals surface area contributed by atoms with Crippen molar-refractivity contribution >= 4 is 5.97 Å². The van der Waals surface area contributed by atoms with Crippen molar-refractivity contribution in [3.8, 4) is 0 Å². The van der Waals surface area contributed by atoms with E-state index in [1.165, 1.54) is 83.5 Å². The fraction of sp³-hybridized carbons (Fsp3) is 0.804. The van der Waals surface area contributed by atoms with E-state index in [0.717, 1.165) is 50.4 Å². The number of aliphatic carboxylic acids is 1. The van der Waals surface area contributed by atoms with Crippen molar-refractivity contribution < 1.29 is 19.7 Å². The monoisotopic (exact) mass is 691 g/mol. The lowest BCUT2D eigenvalue weighted by Crippen LogP contribution is -2.73. The Morgan fingerprint density at radius 2 is 1.48 bits per heavy atom. The van der Waals surface area contributed by atoms with Crippen molar-refractivity contribution in [3.05, 3.63) is 48.6 Å². The van der Waals surface area contributed by atoms with Crippen LogP contribution in [0.25, 0.3) is 0 Å². The quantitative estimate of drug-likeness (QED) is 0.0785. The van der Waals surface area contributed by atoms with E-state index in [1.54, 1.807) is 0 Å². The van der Waals surface area contributed by atoms with E-state index in [2.05, 4.69) is 90.2 Å². The van der Waals surface area contributed by atoms with Gasteiger partial charge in [-0.3, -0.25) is 4.79 Å². The minimum atomic E-state index is -0.672. The first-order valence-electron chi connectivity index (χ1n) is 21.2. The van der Waals surface area contributed by atoms with Gasteiger partial charge in [0.15, 0.2) is 0 Å². The first-order chi connectivity index (χ1) is 24.0. The van der Waals surface area contributed by atoms with Gasteiger partial charge in [-0.15, -0.1) is 0 Å². The SMILES string of the molecule is CC(C)[C@@H](C)C=C[C@@H](C)[C@H]1CCC2[C@@]34C=C[C@]5(C[C@@H](CCCCC/C=C\C/C=C\CCCCCCCC(=O)O)CC[C@]5(C)C3CC[C@@]21C)OO4. The predicted molar refractivity (Wildman–Crippen MR) is 208 cm³/mol. The largest absolute Gasteiger partial charge is 0.481 e. The standard InChI is InChI=1S/C46H74O4/c1-35(2)36(3)24-25-37(4)39-26-27-40-43(39,5)30-29-41-44(6)31-28-38(34-45(44)32-33-46(40,41)50-49-45)22-20-18-16-14-12-10-8-7-9-11-13-15-17-19-21-23-42(47)48/h7,9-10,12,24-25,32-33,35-41H,8,11,13-23,26-31,34H2,1-6H3,(H,47,48)/b9-7-,12-10-,25-24?/t36-,37+,38-,39+,40?,41?,43+,44+,45+,46-/m0/s1. The van der Waals surface area contributed by atoms with E-state index in [9.17, 15) is 4.79 Å². The number of carboxylic acid groups (broad SMARTS) is 1. The van der Waals surface area contributed by atoms with Crippen molar-refractivity contribution in [2.24, 2.45) is 52.3 Å². The molecule has 4 aliphatic carbocycles. The third-order valence-corrected chi connectivity index (χ3v) is 15.1. The molecule has 50 heavy (non-hydrogen) atoms. The molecule has 3 saturated carbocycles. The Hall–Kier alpha value is -1.65. The van der Waals surface area contributed by atoms with Gasteiger partial charge >= 0.3 is 5.97 Å². The minimum absolute atomic E-state index is 0.177. The summed E-state index contributed by atoms with van der Waals surface area (Å²) in [5, 5.41) is 8.70. The highest BCUT2D eigenvalue weighted by molar-refractivity contribution is 5.66. The van der Waals surface area contributed by atoms with Gasteiger partial charge in [-0.25, -0.2) is 9.78 Å². The maximum Gasteiger partial charge on any atom is 0.303 e. The molecule has 4 nitrogen and oxygen atoms in total. The van der Waals surface area contributed by atoms with E-state index < -0.39 is 5.97 Å². The molecule has 4 heteroatoms. The van der Waals surface area contributed by atoms with Crippen molar-refractivity contribution in [2.45, 2.75) is 181 Å². The molecule has 0 aromatic heterocycles. The molecule has 6 aliphatic rings. The number of unbranched alkanes of at least 4 members (excludes halogenated alkanes) is 8. The lowest BCUT2D eigenvalue weighted by atomic mass is 9.42. The zero-order valence-corrected chi connectivity index (χ0v) is 33.0. The van der Waals surface area contributed by atoms with Crippen LogP contribution in [0.5, 0.6) is 0 Å². The minimum Gasteiger partial charge on any atom is -0.481 e. The van der Waals surface area contributed by atoms with Gasteiger partial charge in [0.2, 0.25) is 0 Å². The fourth-order valence-corrected chi connectivity index (χ4v) is 11.5. The molecule has 0 aromatic rings. The molecule has 1 N–H and O–H groups in total. The first-order valence-corrected chi connectivity index (χ1v) is 21.2. The third-order valence-electron chi connectivity index (χ3n) is 15.1. The highest BCUT2D eigenvalue weighted by Crippen LogP contribution is 2.73. The molecule has 2 unspecified atom stereocenters. The first kappa shape index (κ1) is 39.6.